The quantitative estimate of drug-likeness (QED) is 0.929. The standard InChI is InChI=1S/C16H23N3S/c1-16(2,3)17-11-13-14(12-9-7-6-8-10-12)18-15(20-13)19(4)5/h6-10,17H,11H2,1-5H3. The zero-order valence-corrected chi connectivity index (χ0v) is 13.7. The summed E-state index contributed by atoms with van der Waals surface area (Å²) in [4.78, 5) is 8.14. The van der Waals surface area contributed by atoms with E-state index >= 15 is 0 Å². The van der Waals surface area contributed by atoms with E-state index in [1.165, 1.54) is 10.4 Å². The van der Waals surface area contributed by atoms with Gasteiger partial charge in [-0.2, -0.15) is 0 Å². The van der Waals surface area contributed by atoms with E-state index in [4.69, 9.17) is 4.98 Å². The van der Waals surface area contributed by atoms with E-state index in [2.05, 4.69) is 55.3 Å². The summed E-state index contributed by atoms with van der Waals surface area (Å²) in [7, 11) is 4.07. The molecular formula is C16H23N3S. The molecule has 0 aliphatic carbocycles. The van der Waals surface area contributed by atoms with Crippen LogP contribution < -0.4 is 10.2 Å². The van der Waals surface area contributed by atoms with E-state index in [9.17, 15) is 0 Å². The van der Waals surface area contributed by atoms with Gasteiger partial charge in [-0.3, -0.25) is 0 Å². The van der Waals surface area contributed by atoms with E-state index in [-0.39, 0.29) is 5.54 Å². The fourth-order valence-corrected chi connectivity index (χ4v) is 2.76. The lowest BCUT2D eigenvalue weighted by Gasteiger charge is -2.20. The molecule has 4 heteroatoms. The van der Waals surface area contributed by atoms with Crippen LogP contribution in [0.4, 0.5) is 5.13 Å². The van der Waals surface area contributed by atoms with Crippen molar-refractivity contribution in [2.24, 2.45) is 0 Å². The molecule has 1 aromatic carbocycles. The molecule has 0 atom stereocenters. The first kappa shape index (κ1) is 15.0. The van der Waals surface area contributed by atoms with E-state index in [1.807, 2.05) is 20.2 Å². The van der Waals surface area contributed by atoms with E-state index in [0.717, 1.165) is 17.4 Å². The summed E-state index contributed by atoms with van der Waals surface area (Å²) in [5, 5.41) is 4.60. The fraction of sp³-hybridized carbons (Fsp3) is 0.438. The first-order valence-corrected chi connectivity index (χ1v) is 7.66. The highest BCUT2D eigenvalue weighted by atomic mass is 32.1. The zero-order valence-electron chi connectivity index (χ0n) is 12.9. The number of nitrogens with one attached hydrogen (secondary N) is 1. The number of aromatic nitrogens is 1. The summed E-state index contributed by atoms with van der Waals surface area (Å²) in [5.41, 5.74) is 2.38. The molecule has 1 heterocycles. The second kappa shape index (κ2) is 5.94. The molecule has 2 aromatic rings. The summed E-state index contributed by atoms with van der Waals surface area (Å²) >= 11 is 1.76. The molecule has 0 bridgehead atoms. The van der Waals surface area contributed by atoms with Crippen LogP contribution in [-0.2, 0) is 6.54 Å². The van der Waals surface area contributed by atoms with E-state index in [1.54, 1.807) is 11.3 Å². The van der Waals surface area contributed by atoms with Gasteiger partial charge in [0.25, 0.3) is 0 Å². The molecule has 0 aliphatic rings. The Labute approximate surface area is 125 Å². The molecule has 0 spiro atoms. The molecule has 3 nitrogen and oxygen atoms in total. The second-order valence-corrected chi connectivity index (χ2v) is 7.19. The summed E-state index contributed by atoms with van der Waals surface area (Å²) in [6.45, 7) is 7.40. The Morgan fingerprint density at radius 1 is 1.15 bits per heavy atom. The van der Waals surface area contributed by atoms with Gasteiger partial charge in [0.2, 0.25) is 0 Å². The third-order valence-corrected chi connectivity index (χ3v) is 4.12. The molecule has 0 unspecified atom stereocenters. The number of thiazole rings is 1. The van der Waals surface area contributed by atoms with Crippen molar-refractivity contribution in [3.63, 3.8) is 0 Å². The molecule has 1 aromatic heterocycles. The first-order valence-electron chi connectivity index (χ1n) is 6.84. The number of nitrogens with zero attached hydrogens (tertiary/aromatic N) is 2. The minimum Gasteiger partial charge on any atom is -0.354 e. The Bertz CT molecular complexity index is 553. The van der Waals surface area contributed by atoms with Gasteiger partial charge in [-0.25, -0.2) is 4.98 Å². The number of hydrogen-bond acceptors (Lipinski definition) is 4. The van der Waals surface area contributed by atoms with Gasteiger partial charge in [0.15, 0.2) is 5.13 Å². The average molecular weight is 289 g/mol. The molecule has 0 saturated carbocycles. The van der Waals surface area contributed by atoms with Crippen molar-refractivity contribution in [2.45, 2.75) is 32.9 Å². The van der Waals surface area contributed by atoms with Crippen LogP contribution in [0, 0.1) is 0 Å². The average Bonchev–Trinajstić information content (AvgIpc) is 2.81. The summed E-state index contributed by atoms with van der Waals surface area (Å²) in [5.74, 6) is 0. The molecule has 2 rings (SSSR count). The molecule has 0 saturated heterocycles. The third kappa shape index (κ3) is 3.81. The smallest absolute Gasteiger partial charge is 0.185 e. The topological polar surface area (TPSA) is 28.2 Å². The highest BCUT2D eigenvalue weighted by Gasteiger charge is 2.16. The highest BCUT2D eigenvalue weighted by Crippen LogP contribution is 2.32. The van der Waals surface area contributed by atoms with E-state index < -0.39 is 0 Å². The van der Waals surface area contributed by atoms with E-state index in [0.29, 0.717) is 0 Å². The fourth-order valence-electron chi connectivity index (χ4n) is 1.82. The Hall–Kier alpha value is -1.39. The molecular weight excluding hydrogens is 266 g/mol. The minimum atomic E-state index is 0.107. The van der Waals surface area contributed by atoms with Gasteiger partial charge in [0.1, 0.15) is 0 Å². The van der Waals surface area contributed by atoms with Crippen molar-refractivity contribution in [1.82, 2.24) is 10.3 Å². The van der Waals surface area contributed by atoms with Crippen molar-refractivity contribution in [2.75, 3.05) is 19.0 Å². The lowest BCUT2D eigenvalue weighted by Crippen LogP contribution is -2.34. The monoisotopic (exact) mass is 289 g/mol. The summed E-state index contributed by atoms with van der Waals surface area (Å²) in [6, 6.07) is 10.4. The van der Waals surface area contributed by atoms with Crippen LogP contribution in [0.25, 0.3) is 11.3 Å². The lowest BCUT2D eigenvalue weighted by atomic mass is 10.1. The van der Waals surface area contributed by atoms with Crippen molar-refractivity contribution in [1.29, 1.82) is 0 Å². The van der Waals surface area contributed by atoms with Crippen LogP contribution in [0.3, 0.4) is 0 Å². The van der Waals surface area contributed by atoms with Crippen molar-refractivity contribution in [3.8, 4) is 11.3 Å². The predicted molar refractivity (Wildman–Crippen MR) is 88.5 cm³/mol. The molecule has 0 radical (unpaired) electrons. The summed E-state index contributed by atoms with van der Waals surface area (Å²) < 4.78 is 0. The van der Waals surface area contributed by atoms with Crippen LogP contribution in [0.5, 0.6) is 0 Å². The zero-order chi connectivity index (χ0) is 14.8. The van der Waals surface area contributed by atoms with Crippen molar-refractivity contribution < 1.29 is 0 Å². The number of rotatable bonds is 4. The molecule has 0 amide bonds. The van der Waals surface area contributed by atoms with Crippen LogP contribution in [-0.4, -0.2) is 24.6 Å². The Kier molecular flexibility index (Phi) is 4.45. The highest BCUT2D eigenvalue weighted by molar-refractivity contribution is 7.16. The Morgan fingerprint density at radius 2 is 1.80 bits per heavy atom. The predicted octanol–water partition coefficient (Wildman–Crippen LogP) is 3.76. The largest absolute Gasteiger partial charge is 0.354 e. The van der Waals surface area contributed by atoms with Gasteiger partial charge in [-0.1, -0.05) is 41.7 Å². The first-order chi connectivity index (χ1) is 9.37. The Balaban J connectivity index is 2.34. The van der Waals surface area contributed by atoms with Gasteiger partial charge in [-0.15, -0.1) is 0 Å². The van der Waals surface area contributed by atoms with Gasteiger partial charge in [0.05, 0.1) is 5.69 Å². The van der Waals surface area contributed by atoms with Crippen LogP contribution in [0.15, 0.2) is 30.3 Å². The maximum Gasteiger partial charge on any atom is 0.185 e. The van der Waals surface area contributed by atoms with Gasteiger partial charge in [0, 0.05) is 36.6 Å². The SMILES string of the molecule is CN(C)c1nc(-c2ccccc2)c(CNC(C)(C)C)s1. The normalized spacial score (nSPS) is 11.7. The number of hydrogen-bond donors (Lipinski definition) is 1. The van der Waals surface area contributed by atoms with Crippen molar-refractivity contribution >= 4 is 16.5 Å². The van der Waals surface area contributed by atoms with Crippen LogP contribution in [0.1, 0.15) is 25.6 Å². The number of anilines is 1. The van der Waals surface area contributed by atoms with Crippen LogP contribution >= 0.6 is 11.3 Å². The number of benzene rings is 1. The molecule has 20 heavy (non-hydrogen) atoms. The lowest BCUT2D eigenvalue weighted by molar-refractivity contribution is 0.426. The molecule has 108 valence electrons. The Morgan fingerprint density at radius 3 is 2.35 bits per heavy atom. The third-order valence-electron chi connectivity index (χ3n) is 2.90. The van der Waals surface area contributed by atoms with Crippen molar-refractivity contribution in [3.05, 3.63) is 35.2 Å². The van der Waals surface area contributed by atoms with Gasteiger partial charge >= 0.3 is 0 Å². The van der Waals surface area contributed by atoms with Gasteiger partial charge in [-0.05, 0) is 20.8 Å². The molecule has 1 N–H and O–H groups in total. The van der Waals surface area contributed by atoms with Gasteiger partial charge < -0.3 is 10.2 Å². The summed E-state index contributed by atoms with van der Waals surface area (Å²) in [6.07, 6.45) is 0. The maximum atomic E-state index is 4.79. The molecule has 0 fully saturated rings. The maximum absolute atomic E-state index is 4.79. The second-order valence-electron chi connectivity index (χ2n) is 6.13. The van der Waals surface area contributed by atoms with Crippen LogP contribution in [0.2, 0.25) is 0 Å². The minimum absolute atomic E-state index is 0.107. The molecule has 0 aliphatic heterocycles.